The molecule has 0 spiro atoms. The van der Waals surface area contributed by atoms with Crippen LogP contribution < -0.4 is 10.6 Å². The first-order valence-electron chi connectivity index (χ1n) is 23.0. The predicted octanol–water partition coefficient (Wildman–Crippen LogP) is 2.52. The van der Waals surface area contributed by atoms with E-state index in [1.54, 1.807) is 0 Å². The summed E-state index contributed by atoms with van der Waals surface area (Å²) in [5.41, 5.74) is 2.20. The first-order chi connectivity index (χ1) is 28.1. The highest BCUT2D eigenvalue weighted by atomic mass is 16.7. The van der Waals surface area contributed by atoms with Crippen LogP contribution in [0, 0.1) is 46.3 Å². The van der Waals surface area contributed by atoms with Crippen LogP contribution in [0.2, 0.25) is 0 Å². The maximum atomic E-state index is 13.0. The molecule has 14 nitrogen and oxygen atoms in total. The van der Waals surface area contributed by atoms with Crippen LogP contribution in [0.3, 0.4) is 0 Å². The van der Waals surface area contributed by atoms with E-state index < -0.39 is 74.6 Å². The van der Waals surface area contributed by atoms with Gasteiger partial charge in [-0.05, 0) is 111 Å². The molecule has 3 saturated carbocycles. The number of aliphatic hydroxyl groups excluding tert-OH is 7. The van der Waals surface area contributed by atoms with Crippen molar-refractivity contribution in [3.8, 4) is 0 Å². The molecule has 6 rings (SSSR count). The first-order valence-corrected chi connectivity index (χ1v) is 23.0. The van der Waals surface area contributed by atoms with Crippen molar-refractivity contribution in [2.24, 2.45) is 46.3 Å². The van der Waals surface area contributed by atoms with Crippen LogP contribution in [-0.4, -0.2) is 142 Å². The summed E-state index contributed by atoms with van der Waals surface area (Å²) < 4.78 is 22.8. The van der Waals surface area contributed by atoms with Crippen LogP contribution in [-0.2, 0) is 23.7 Å². The van der Waals surface area contributed by atoms with Crippen molar-refractivity contribution in [3.05, 3.63) is 11.6 Å². The Balaban J connectivity index is 0.898. The molecule has 0 radical (unpaired) electrons. The van der Waals surface area contributed by atoms with Gasteiger partial charge in [-0.3, -0.25) is 10.1 Å². The molecule has 59 heavy (non-hydrogen) atoms. The number of carbonyl (C=O) groups is 1. The Morgan fingerprint density at radius 2 is 1.58 bits per heavy atom. The third-order valence-electron chi connectivity index (χ3n) is 15.9. The van der Waals surface area contributed by atoms with Crippen molar-refractivity contribution in [1.29, 1.82) is 0 Å². The van der Waals surface area contributed by atoms with E-state index in [9.17, 15) is 40.5 Å². The van der Waals surface area contributed by atoms with Crippen molar-refractivity contribution in [3.63, 3.8) is 0 Å². The van der Waals surface area contributed by atoms with Gasteiger partial charge in [0.1, 0.15) is 61.2 Å². The molecule has 9 N–H and O–H groups in total. The number of hydrogen-bond donors (Lipinski definition) is 9. The summed E-state index contributed by atoms with van der Waals surface area (Å²) >= 11 is 0. The molecule has 0 aromatic heterocycles. The zero-order chi connectivity index (χ0) is 42.6. The van der Waals surface area contributed by atoms with Crippen molar-refractivity contribution in [1.82, 2.24) is 10.6 Å². The summed E-state index contributed by atoms with van der Waals surface area (Å²) in [7, 11) is 0. The number of nitrogens with one attached hydrogen (secondary N) is 2. The normalized spacial score (nSPS) is 44.0. The van der Waals surface area contributed by atoms with Crippen LogP contribution in [0.5, 0.6) is 0 Å². The predicted molar refractivity (Wildman–Crippen MR) is 219 cm³/mol. The van der Waals surface area contributed by atoms with Gasteiger partial charge in [-0.15, -0.1) is 0 Å². The fraction of sp³-hybridized carbons (Fsp3) is 0.933. The second-order valence-corrected chi connectivity index (χ2v) is 20.0. The highest BCUT2D eigenvalue weighted by Crippen LogP contribution is 2.67. The van der Waals surface area contributed by atoms with Gasteiger partial charge >= 0.3 is 5.97 Å². The molecule has 0 amide bonds. The number of allylic oxidation sites excluding steroid dienone is 1. The van der Waals surface area contributed by atoms with Crippen LogP contribution in [0.1, 0.15) is 118 Å². The lowest BCUT2D eigenvalue weighted by molar-refractivity contribution is -0.343. The minimum absolute atomic E-state index is 0.0734. The third-order valence-corrected chi connectivity index (χ3v) is 15.9. The zero-order valence-corrected chi connectivity index (χ0v) is 36.3. The van der Waals surface area contributed by atoms with E-state index in [1.807, 2.05) is 0 Å². The quantitative estimate of drug-likeness (QED) is 0.0551. The van der Waals surface area contributed by atoms with Crippen molar-refractivity contribution in [2.45, 2.75) is 186 Å². The summed E-state index contributed by atoms with van der Waals surface area (Å²) in [5.74, 6) is 4.60. The molecule has 2 saturated heterocycles. The van der Waals surface area contributed by atoms with Gasteiger partial charge in [0.2, 0.25) is 0 Å². The van der Waals surface area contributed by atoms with Crippen LogP contribution in [0.15, 0.2) is 11.6 Å². The second kappa shape index (κ2) is 20.5. The van der Waals surface area contributed by atoms with E-state index in [-0.39, 0.29) is 23.9 Å². The molecular weight excluding hydrogens is 760 g/mol. The number of ether oxygens (including phenoxy) is 4. The smallest absolute Gasteiger partial charge is 0.307 e. The Kier molecular flexibility index (Phi) is 16.4. The van der Waals surface area contributed by atoms with Crippen molar-refractivity contribution in [2.75, 3.05) is 32.8 Å². The Morgan fingerprint density at radius 3 is 2.31 bits per heavy atom. The van der Waals surface area contributed by atoms with Crippen molar-refractivity contribution < 1.29 is 59.5 Å². The lowest BCUT2D eigenvalue weighted by Crippen LogP contribution is -2.66. The molecule has 2 aliphatic heterocycles. The Hall–Kier alpha value is -1.27. The fourth-order valence-electron chi connectivity index (χ4n) is 12.5. The van der Waals surface area contributed by atoms with Gasteiger partial charge in [-0.2, -0.15) is 0 Å². The largest absolute Gasteiger partial charge is 0.462 e. The minimum Gasteiger partial charge on any atom is -0.462 e. The molecule has 18 atom stereocenters. The molecule has 4 aliphatic carbocycles. The van der Waals surface area contributed by atoms with Gasteiger partial charge in [-0.1, -0.05) is 65.5 Å². The number of carbonyl (C=O) groups excluding carboxylic acids is 1. The van der Waals surface area contributed by atoms with Gasteiger partial charge < -0.3 is 60.0 Å². The highest BCUT2D eigenvalue weighted by molar-refractivity contribution is 5.69. The minimum atomic E-state index is -1.73. The summed E-state index contributed by atoms with van der Waals surface area (Å²) in [6.07, 6.45) is 2.47. The van der Waals surface area contributed by atoms with E-state index in [0.29, 0.717) is 31.5 Å². The van der Waals surface area contributed by atoms with Gasteiger partial charge in [0.05, 0.1) is 19.6 Å². The fourth-order valence-corrected chi connectivity index (χ4v) is 12.5. The molecule has 0 aromatic carbocycles. The molecule has 340 valence electrons. The molecule has 14 heteroatoms. The maximum Gasteiger partial charge on any atom is 0.307 e. The summed E-state index contributed by atoms with van der Waals surface area (Å²) in [4.78, 5) is 13.0. The average Bonchev–Trinajstić information content (AvgIpc) is 3.57. The molecular formula is C45H78N2O12. The summed E-state index contributed by atoms with van der Waals surface area (Å²) in [6, 6.07) is 0. The third kappa shape index (κ3) is 10.3. The van der Waals surface area contributed by atoms with Crippen molar-refractivity contribution >= 4 is 5.97 Å². The maximum absolute atomic E-state index is 13.0. The summed E-state index contributed by atoms with van der Waals surface area (Å²) in [5, 5.41) is 78.0. The molecule has 0 bridgehead atoms. The second-order valence-electron chi connectivity index (χ2n) is 20.0. The van der Waals surface area contributed by atoms with Crippen LogP contribution in [0.4, 0.5) is 0 Å². The molecule has 2 heterocycles. The monoisotopic (exact) mass is 839 g/mol. The van der Waals surface area contributed by atoms with Crippen LogP contribution >= 0.6 is 0 Å². The Morgan fingerprint density at radius 1 is 0.831 bits per heavy atom. The van der Waals surface area contributed by atoms with Gasteiger partial charge in [0.25, 0.3) is 0 Å². The van der Waals surface area contributed by atoms with Gasteiger partial charge in [0, 0.05) is 13.0 Å². The number of esters is 1. The standard InChI is InChI=1S/C45H78N2O12/c1-25(2)8-6-9-26(3)30-12-13-31-29-11-10-27-22-28(14-17-44(27,4)32(29)15-18-45(30,31)5)56-35(50)16-21-46-19-7-20-47-42-40(55)41(37(52)34(24-49)57-42)59-43-39(54)38(53)36(51)33(23-48)58-43/h10,25-26,28-34,36-43,46-49,51-55H,6-9,11-24H2,1-5H3/t26-,28?,29+,30-,31+,32+,33-,34-,36-,37-,38+,39-,40-,41+,42?,43+,44+,45-/m1/s1. The van der Waals surface area contributed by atoms with E-state index in [4.69, 9.17) is 18.9 Å². The lowest BCUT2D eigenvalue weighted by Gasteiger charge is -2.58. The zero-order valence-electron chi connectivity index (χ0n) is 36.3. The number of aliphatic hydroxyl groups is 7. The highest BCUT2D eigenvalue weighted by Gasteiger charge is 2.59. The SMILES string of the molecule is CC(C)CCC[C@@H](C)[C@H]1CC[C@H]2[C@@H]3CC=C4CC(OC(=O)CCNCCCNC5O[C@H](CO)[C@@H](O)[C@H](O[C@@H]6O[C@H](CO)[C@@H](O)[C@H](O)[C@H]6O)[C@H]5O)CC[C@]4(C)[C@H]3CC[C@]12C. The Bertz CT molecular complexity index is 1390. The van der Waals surface area contributed by atoms with Crippen LogP contribution in [0.25, 0.3) is 0 Å². The summed E-state index contributed by atoms with van der Waals surface area (Å²) in [6.45, 7) is 12.5. The molecule has 5 fully saturated rings. The van der Waals surface area contributed by atoms with Gasteiger partial charge in [0.15, 0.2) is 6.29 Å². The van der Waals surface area contributed by atoms with E-state index in [2.05, 4.69) is 51.3 Å². The lowest BCUT2D eigenvalue weighted by atomic mass is 9.47. The topological polar surface area (TPSA) is 220 Å². The Labute approximate surface area is 351 Å². The van der Waals surface area contributed by atoms with Gasteiger partial charge in [-0.25, -0.2) is 0 Å². The molecule has 0 aromatic rings. The molecule has 6 aliphatic rings. The number of hydrogen-bond acceptors (Lipinski definition) is 14. The van der Waals surface area contributed by atoms with E-state index >= 15 is 0 Å². The number of rotatable bonds is 18. The first kappa shape index (κ1) is 47.2. The van der Waals surface area contributed by atoms with E-state index in [1.165, 1.54) is 56.9 Å². The average molecular weight is 839 g/mol. The van der Waals surface area contributed by atoms with E-state index in [0.717, 1.165) is 54.8 Å². The number of fused-ring (bicyclic) bond motifs is 5. The molecule has 2 unspecified atom stereocenters.